The molecule has 2 atom stereocenters. The van der Waals surface area contributed by atoms with Gasteiger partial charge in [0, 0.05) is 30.2 Å². The van der Waals surface area contributed by atoms with Crippen molar-refractivity contribution in [2.75, 3.05) is 16.8 Å². The molecule has 5 rings (SSSR count). The zero-order valence-corrected chi connectivity index (χ0v) is 21.9. The van der Waals surface area contributed by atoms with E-state index in [0.29, 0.717) is 18.7 Å². The predicted molar refractivity (Wildman–Crippen MR) is 149 cm³/mol. The summed E-state index contributed by atoms with van der Waals surface area (Å²) < 4.78 is 15.4. The molecule has 1 aliphatic rings. The molecular formula is C30H31FN6O2. The molecule has 3 heterocycles. The van der Waals surface area contributed by atoms with Crippen LogP contribution in [0.5, 0.6) is 0 Å². The number of halogens is 1. The fraction of sp³-hybridized carbons (Fsp3) is 0.267. The number of pyridine rings is 1. The Morgan fingerprint density at radius 1 is 1.10 bits per heavy atom. The molecule has 1 saturated heterocycles. The third-order valence-corrected chi connectivity index (χ3v) is 6.97. The van der Waals surface area contributed by atoms with Crippen molar-refractivity contribution in [2.45, 2.75) is 45.2 Å². The van der Waals surface area contributed by atoms with E-state index in [-0.39, 0.29) is 29.1 Å². The Labute approximate surface area is 226 Å². The highest BCUT2D eigenvalue weighted by Crippen LogP contribution is 2.34. The SMILES string of the molecule is Cc1cc(-c2c[nH]c(C(=O)Nc3cccc(F)c3N3CCCCC3C(=O)N[C@H](C)c3ccccc3)n2)ccn1. The lowest BCUT2D eigenvalue weighted by molar-refractivity contribution is -0.123. The van der Waals surface area contributed by atoms with Crippen molar-refractivity contribution in [3.05, 3.63) is 96.0 Å². The number of carbonyl (C=O) groups excluding carboxylic acids is 2. The zero-order chi connectivity index (χ0) is 27.4. The van der Waals surface area contributed by atoms with Crippen LogP contribution in [0.25, 0.3) is 11.3 Å². The van der Waals surface area contributed by atoms with Gasteiger partial charge in [0.25, 0.3) is 5.91 Å². The van der Waals surface area contributed by atoms with Crippen LogP contribution in [-0.4, -0.2) is 39.4 Å². The number of aryl methyl sites for hydroxylation is 1. The highest BCUT2D eigenvalue weighted by atomic mass is 19.1. The molecule has 0 aliphatic carbocycles. The Morgan fingerprint density at radius 2 is 1.92 bits per heavy atom. The zero-order valence-electron chi connectivity index (χ0n) is 21.9. The molecule has 0 saturated carbocycles. The minimum Gasteiger partial charge on any atom is -0.355 e. The van der Waals surface area contributed by atoms with Crippen molar-refractivity contribution in [2.24, 2.45) is 0 Å². The van der Waals surface area contributed by atoms with Gasteiger partial charge in [0.05, 0.1) is 23.1 Å². The highest BCUT2D eigenvalue weighted by molar-refractivity contribution is 6.04. The Morgan fingerprint density at radius 3 is 2.72 bits per heavy atom. The van der Waals surface area contributed by atoms with Gasteiger partial charge in [-0.2, -0.15) is 0 Å². The third kappa shape index (κ3) is 5.82. The summed E-state index contributed by atoms with van der Waals surface area (Å²) in [7, 11) is 0. The van der Waals surface area contributed by atoms with Crippen LogP contribution in [0.4, 0.5) is 15.8 Å². The monoisotopic (exact) mass is 526 g/mol. The minimum atomic E-state index is -0.567. The first-order valence-electron chi connectivity index (χ1n) is 13.1. The topological polar surface area (TPSA) is 103 Å². The van der Waals surface area contributed by atoms with Crippen LogP contribution in [0, 0.1) is 12.7 Å². The van der Waals surface area contributed by atoms with Gasteiger partial charge >= 0.3 is 0 Å². The van der Waals surface area contributed by atoms with Crippen LogP contribution in [0.15, 0.2) is 73.1 Å². The normalized spacial score (nSPS) is 16.0. The van der Waals surface area contributed by atoms with Crippen molar-refractivity contribution >= 4 is 23.2 Å². The van der Waals surface area contributed by atoms with E-state index >= 15 is 4.39 Å². The molecule has 1 unspecified atom stereocenters. The quantitative estimate of drug-likeness (QED) is 0.299. The molecule has 2 aromatic carbocycles. The van der Waals surface area contributed by atoms with Gasteiger partial charge in [-0.05, 0) is 62.9 Å². The second-order valence-electron chi connectivity index (χ2n) is 9.76. The molecule has 0 radical (unpaired) electrons. The number of hydrogen-bond donors (Lipinski definition) is 3. The minimum absolute atomic E-state index is 0.0966. The first-order valence-corrected chi connectivity index (χ1v) is 13.1. The first-order chi connectivity index (χ1) is 18.9. The van der Waals surface area contributed by atoms with Crippen molar-refractivity contribution in [1.29, 1.82) is 0 Å². The van der Waals surface area contributed by atoms with Crippen LogP contribution in [0.2, 0.25) is 0 Å². The number of para-hydroxylation sites is 1. The Balaban J connectivity index is 1.37. The number of imidazole rings is 1. The van der Waals surface area contributed by atoms with Crippen LogP contribution in [0.3, 0.4) is 0 Å². The number of nitrogens with zero attached hydrogens (tertiary/aromatic N) is 3. The number of nitrogens with one attached hydrogen (secondary N) is 3. The molecule has 3 N–H and O–H groups in total. The molecule has 4 aromatic rings. The number of H-pyrrole nitrogens is 1. The number of piperidine rings is 1. The second kappa shape index (κ2) is 11.5. The van der Waals surface area contributed by atoms with Crippen LogP contribution < -0.4 is 15.5 Å². The van der Waals surface area contributed by atoms with Gasteiger partial charge in [-0.25, -0.2) is 9.37 Å². The maximum Gasteiger partial charge on any atom is 0.291 e. The summed E-state index contributed by atoms with van der Waals surface area (Å²) in [5, 5.41) is 5.89. The van der Waals surface area contributed by atoms with Gasteiger partial charge < -0.3 is 20.5 Å². The van der Waals surface area contributed by atoms with Crippen LogP contribution in [-0.2, 0) is 4.79 Å². The molecule has 200 valence electrons. The summed E-state index contributed by atoms with van der Waals surface area (Å²) in [5.74, 6) is -1.08. The number of carbonyl (C=O) groups is 2. The Hall–Kier alpha value is -4.53. The third-order valence-electron chi connectivity index (χ3n) is 6.97. The van der Waals surface area contributed by atoms with Crippen LogP contribution >= 0.6 is 0 Å². The highest BCUT2D eigenvalue weighted by Gasteiger charge is 2.33. The summed E-state index contributed by atoms with van der Waals surface area (Å²) >= 11 is 0. The summed E-state index contributed by atoms with van der Waals surface area (Å²) in [6.45, 7) is 4.31. The Kier molecular flexibility index (Phi) is 7.67. The van der Waals surface area contributed by atoms with Gasteiger partial charge in [-0.3, -0.25) is 14.6 Å². The number of hydrogen-bond acceptors (Lipinski definition) is 5. The number of benzene rings is 2. The second-order valence-corrected chi connectivity index (χ2v) is 9.76. The fourth-order valence-electron chi connectivity index (χ4n) is 4.99. The van der Waals surface area contributed by atoms with E-state index in [0.717, 1.165) is 29.7 Å². The largest absolute Gasteiger partial charge is 0.355 e. The van der Waals surface area contributed by atoms with E-state index in [1.165, 1.54) is 12.1 Å². The number of anilines is 2. The number of rotatable bonds is 7. The molecule has 8 nitrogen and oxygen atoms in total. The van der Waals surface area contributed by atoms with E-state index < -0.39 is 17.8 Å². The van der Waals surface area contributed by atoms with Gasteiger partial charge in [0.1, 0.15) is 11.9 Å². The first kappa shape index (κ1) is 26.1. The molecule has 0 spiro atoms. The molecule has 1 fully saturated rings. The molecule has 1 aliphatic heterocycles. The summed E-state index contributed by atoms with van der Waals surface area (Å²) in [6, 6.07) is 17.2. The number of amides is 2. The van der Waals surface area contributed by atoms with Crippen molar-refractivity contribution < 1.29 is 14.0 Å². The smallest absolute Gasteiger partial charge is 0.291 e. The maximum atomic E-state index is 15.4. The standard InChI is InChI=1S/C30H31FN6O2/c1-19-17-22(14-15-32-19)25-18-33-28(35-25)30(39)36-24-12-8-11-23(31)27(24)37-16-7-6-13-26(37)29(38)34-20(2)21-9-4-3-5-10-21/h3-5,8-12,14-15,17-18,20,26H,6-7,13,16H2,1-2H3,(H,33,35)(H,34,38)(H,36,39)/t20-,26?/m1/s1. The van der Waals surface area contributed by atoms with Crippen molar-refractivity contribution in [3.63, 3.8) is 0 Å². The lowest BCUT2D eigenvalue weighted by Gasteiger charge is -2.38. The van der Waals surface area contributed by atoms with E-state index in [1.807, 2.05) is 56.3 Å². The van der Waals surface area contributed by atoms with Crippen molar-refractivity contribution in [3.8, 4) is 11.3 Å². The van der Waals surface area contributed by atoms with Crippen LogP contribution in [0.1, 0.15) is 54.1 Å². The molecule has 2 aromatic heterocycles. The summed E-state index contributed by atoms with van der Waals surface area (Å²) in [4.78, 5) is 39.9. The van der Waals surface area contributed by atoms with Gasteiger partial charge in [0.2, 0.25) is 5.91 Å². The summed E-state index contributed by atoms with van der Waals surface area (Å²) in [6.07, 6.45) is 5.58. The van der Waals surface area contributed by atoms with Gasteiger partial charge in [-0.15, -0.1) is 0 Å². The van der Waals surface area contributed by atoms with Crippen molar-refractivity contribution in [1.82, 2.24) is 20.3 Å². The van der Waals surface area contributed by atoms with E-state index in [2.05, 4.69) is 25.6 Å². The van der Waals surface area contributed by atoms with E-state index in [1.54, 1.807) is 23.4 Å². The van der Waals surface area contributed by atoms with Gasteiger partial charge in [0.15, 0.2) is 5.82 Å². The average molecular weight is 527 g/mol. The molecule has 0 bridgehead atoms. The molecular weight excluding hydrogens is 495 g/mol. The van der Waals surface area contributed by atoms with E-state index in [4.69, 9.17) is 0 Å². The fourth-order valence-corrected chi connectivity index (χ4v) is 4.99. The summed E-state index contributed by atoms with van der Waals surface area (Å²) in [5.41, 5.74) is 3.75. The maximum absolute atomic E-state index is 15.4. The number of aromatic nitrogens is 3. The average Bonchev–Trinajstić information content (AvgIpc) is 3.44. The lowest BCUT2D eigenvalue weighted by Crippen LogP contribution is -2.50. The van der Waals surface area contributed by atoms with Gasteiger partial charge in [-0.1, -0.05) is 36.4 Å². The van der Waals surface area contributed by atoms with E-state index in [9.17, 15) is 9.59 Å². The lowest BCUT2D eigenvalue weighted by atomic mass is 9.99. The molecule has 9 heteroatoms. The Bertz CT molecular complexity index is 1470. The predicted octanol–water partition coefficient (Wildman–Crippen LogP) is 5.41. The molecule has 2 amide bonds. The molecule has 39 heavy (non-hydrogen) atoms. The number of aromatic amines is 1.